The van der Waals surface area contributed by atoms with Gasteiger partial charge in [0.05, 0.1) is 24.9 Å². The van der Waals surface area contributed by atoms with E-state index in [0.717, 1.165) is 45.0 Å². The monoisotopic (exact) mass is 800 g/mol. The molecule has 0 saturated heterocycles. The van der Waals surface area contributed by atoms with Crippen molar-refractivity contribution in [2.75, 3.05) is 13.2 Å². The van der Waals surface area contributed by atoms with Gasteiger partial charge in [-0.1, -0.05) is 125 Å². The standard InChI is InChI=1S/C47H56N6O6/c1-5-30(4)25-49-44(55)24-43(54)40(21-29(2)3)51-46(57)42(23-33-26-48-28-50-33)52-45(56)41(22-32-15-12-14-31-13-6-7-16-34(31)32)53-47(58)59-27-39-37-19-10-8-17-35(37)36-18-9-11-20-38(36)39/h6-20,26,28-30,39-43,54H,5,21-25,27H2,1-4H3,(H,48,50)(H,49,55)(H,51,57)(H,52,56)(H,53,58)/t30?,40-,41-,42-,43-/m0/s1. The molecule has 6 rings (SSSR count). The third kappa shape index (κ3) is 11.1. The number of aliphatic hydroxyl groups excluding tert-OH is 1. The number of imidazole rings is 1. The highest BCUT2D eigenvalue weighted by Crippen LogP contribution is 2.44. The summed E-state index contributed by atoms with van der Waals surface area (Å²) < 4.78 is 5.88. The first-order valence-corrected chi connectivity index (χ1v) is 20.6. The van der Waals surface area contributed by atoms with Gasteiger partial charge in [-0.3, -0.25) is 14.4 Å². The van der Waals surface area contributed by atoms with Crippen molar-refractivity contribution in [1.29, 1.82) is 0 Å². The number of fused-ring (bicyclic) bond motifs is 4. The quantitative estimate of drug-likeness (QED) is 0.0578. The summed E-state index contributed by atoms with van der Waals surface area (Å²) in [6.07, 6.45) is 2.37. The lowest BCUT2D eigenvalue weighted by atomic mass is 9.96. The van der Waals surface area contributed by atoms with E-state index in [1.165, 1.54) is 6.33 Å². The Morgan fingerprint density at radius 3 is 2.12 bits per heavy atom. The molecule has 0 saturated carbocycles. The van der Waals surface area contributed by atoms with Crippen LogP contribution in [0.4, 0.5) is 4.79 Å². The van der Waals surface area contributed by atoms with Crippen molar-refractivity contribution in [3.8, 4) is 11.1 Å². The smallest absolute Gasteiger partial charge is 0.407 e. The van der Waals surface area contributed by atoms with Crippen LogP contribution in [0.2, 0.25) is 0 Å². The molecule has 0 aliphatic heterocycles. The number of carbonyl (C=O) groups excluding carboxylic acids is 4. The highest BCUT2D eigenvalue weighted by atomic mass is 16.5. The van der Waals surface area contributed by atoms with Crippen molar-refractivity contribution in [1.82, 2.24) is 31.2 Å². The van der Waals surface area contributed by atoms with Crippen LogP contribution >= 0.6 is 0 Å². The van der Waals surface area contributed by atoms with Gasteiger partial charge < -0.3 is 36.1 Å². The van der Waals surface area contributed by atoms with Gasteiger partial charge in [0, 0.05) is 37.2 Å². The van der Waals surface area contributed by atoms with E-state index in [0.29, 0.717) is 18.7 Å². The average molecular weight is 801 g/mol. The van der Waals surface area contributed by atoms with Gasteiger partial charge in [-0.2, -0.15) is 0 Å². The number of rotatable bonds is 19. The van der Waals surface area contributed by atoms with Gasteiger partial charge in [-0.15, -0.1) is 0 Å². The lowest BCUT2D eigenvalue weighted by Gasteiger charge is -2.29. The van der Waals surface area contributed by atoms with E-state index in [-0.39, 0.29) is 49.5 Å². The molecule has 1 aliphatic rings. The second-order valence-corrected chi connectivity index (χ2v) is 16.0. The molecule has 1 aromatic heterocycles. The zero-order valence-corrected chi connectivity index (χ0v) is 34.2. The van der Waals surface area contributed by atoms with Gasteiger partial charge in [0.2, 0.25) is 17.7 Å². The summed E-state index contributed by atoms with van der Waals surface area (Å²) in [6, 6.07) is 26.7. The Hall–Kier alpha value is -6.01. The van der Waals surface area contributed by atoms with Crippen LogP contribution in [0.3, 0.4) is 0 Å². The number of alkyl carbamates (subject to hydrolysis) is 1. The molecule has 5 atom stereocenters. The molecule has 1 aliphatic carbocycles. The number of benzene rings is 4. The summed E-state index contributed by atoms with van der Waals surface area (Å²) in [5.74, 6) is -1.28. The molecule has 0 bridgehead atoms. The first kappa shape index (κ1) is 42.6. The van der Waals surface area contributed by atoms with Gasteiger partial charge in [0.25, 0.3) is 0 Å². The molecule has 0 spiro atoms. The van der Waals surface area contributed by atoms with E-state index in [1.807, 2.05) is 107 Å². The van der Waals surface area contributed by atoms with Crippen molar-refractivity contribution < 1.29 is 29.0 Å². The van der Waals surface area contributed by atoms with E-state index in [2.05, 4.69) is 43.4 Å². The van der Waals surface area contributed by atoms with Crippen molar-refractivity contribution in [2.45, 2.75) is 89.9 Å². The van der Waals surface area contributed by atoms with E-state index in [1.54, 1.807) is 6.20 Å². The predicted octanol–water partition coefficient (Wildman–Crippen LogP) is 6.18. The Kier molecular flexibility index (Phi) is 14.5. The van der Waals surface area contributed by atoms with Gasteiger partial charge in [-0.05, 0) is 56.8 Å². The number of aliphatic hydroxyl groups is 1. The van der Waals surface area contributed by atoms with E-state index in [4.69, 9.17) is 4.74 Å². The molecule has 0 fully saturated rings. The Morgan fingerprint density at radius 2 is 1.44 bits per heavy atom. The van der Waals surface area contributed by atoms with Crippen LogP contribution in [0.1, 0.15) is 75.3 Å². The maximum Gasteiger partial charge on any atom is 0.407 e. The lowest BCUT2D eigenvalue weighted by Crippen LogP contribution is -2.57. The van der Waals surface area contributed by atoms with Crippen molar-refractivity contribution >= 4 is 34.6 Å². The zero-order valence-electron chi connectivity index (χ0n) is 34.2. The second kappa shape index (κ2) is 20.1. The van der Waals surface area contributed by atoms with Gasteiger partial charge in [0.15, 0.2) is 0 Å². The fourth-order valence-electron chi connectivity index (χ4n) is 7.72. The number of H-pyrrole nitrogens is 1. The largest absolute Gasteiger partial charge is 0.449 e. The Morgan fingerprint density at radius 1 is 0.797 bits per heavy atom. The molecule has 4 amide bonds. The van der Waals surface area contributed by atoms with Crippen LogP contribution in [-0.2, 0) is 32.0 Å². The third-order valence-corrected chi connectivity index (χ3v) is 11.1. The zero-order chi connectivity index (χ0) is 41.9. The summed E-state index contributed by atoms with van der Waals surface area (Å²) in [5, 5.41) is 24.7. The summed E-state index contributed by atoms with van der Waals surface area (Å²) in [5.41, 5.74) is 5.73. The summed E-state index contributed by atoms with van der Waals surface area (Å²) in [6.45, 7) is 8.56. The number of ether oxygens (including phenoxy) is 1. The molecule has 4 aromatic carbocycles. The molecule has 12 nitrogen and oxygen atoms in total. The molecule has 1 heterocycles. The molecule has 5 aromatic rings. The maximum absolute atomic E-state index is 14.5. The SMILES string of the molecule is CCC(C)CNC(=O)C[C@H](O)[C@H](CC(C)C)NC(=O)[C@H](Cc1cnc[nH]1)NC(=O)[C@H](Cc1cccc2ccccc12)NC(=O)OCC1c2ccccc2-c2ccccc21. The number of nitrogens with zero attached hydrogens (tertiary/aromatic N) is 1. The van der Waals surface area contributed by atoms with E-state index < -0.39 is 42.1 Å². The normalized spacial score (nSPS) is 14.7. The molecule has 0 radical (unpaired) electrons. The number of carbonyl (C=O) groups is 4. The van der Waals surface area contributed by atoms with Crippen molar-refractivity contribution in [3.05, 3.63) is 126 Å². The van der Waals surface area contributed by atoms with Crippen LogP contribution in [0, 0.1) is 11.8 Å². The molecular weight excluding hydrogens is 745 g/mol. The number of nitrogens with one attached hydrogen (secondary N) is 5. The Labute approximate surface area is 345 Å². The topological polar surface area (TPSA) is 175 Å². The molecule has 1 unspecified atom stereocenters. The first-order valence-electron chi connectivity index (χ1n) is 20.6. The van der Waals surface area contributed by atoms with E-state index in [9.17, 15) is 24.3 Å². The minimum absolute atomic E-state index is 0.0450. The fraction of sp³-hybridized carbons (Fsp3) is 0.383. The van der Waals surface area contributed by atoms with Crippen LogP contribution in [0.15, 0.2) is 104 Å². The lowest BCUT2D eigenvalue weighted by molar-refractivity contribution is -0.131. The number of aromatic nitrogens is 2. The number of hydrogen-bond donors (Lipinski definition) is 6. The number of hydrogen-bond acceptors (Lipinski definition) is 7. The number of amides is 4. The van der Waals surface area contributed by atoms with Crippen LogP contribution < -0.4 is 21.3 Å². The molecular formula is C47H56N6O6. The van der Waals surface area contributed by atoms with E-state index >= 15 is 0 Å². The molecule has 59 heavy (non-hydrogen) atoms. The van der Waals surface area contributed by atoms with Crippen LogP contribution in [-0.4, -0.2) is 76.3 Å². The highest BCUT2D eigenvalue weighted by Gasteiger charge is 2.33. The average Bonchev–Trinajstić information content (AvgIpc) is 3.87. The minimum atomic E-state index is -1.17. The van der Waals surface area contributed by atoms with Crippen molar-refractivity contribution in [3.63, 3.8) is 0 Å². The van der Waals surface area contributed by atoms with Gasteiger partial charge in [0.1, 0.15) is 18.7 Å². The second-order valence-electron chi connectivity index (χ2n) is 16.0. The summed E-state index contributed by atoms with van der Waals surface area (Å²) in [7, 11) is 0. The molecule has 310 valence electrons. The molecule has 12 heteroatoms. The summed E-state index contributed by atoms with van der Waals surface area (Å²) in [4.78, 5) is 62.2. The summed E-state index contributed by atoms with van der Waals surface area (Å²) >= 11 is 0. The molecule has 6 N–H and O–H groups in total. The van der Waals surface area contributed by atoms with Crippen LogP contribution in [0.25, 0.3) is 21.9 Å². The van der Waals surface area contributed by atoms with Crippen LogP contribution in [0.5, 0.6) is 0 Å². The highest BCUT2D eigenvalue weighted by molar-refractivity contribution is 5.93. The van der Waals surface area contributed by atoms with Gasteiger partial charge >= 0.3 is 6.09 Å². The number of aromatic amines is 1. The van der Waals surface area contributed by atoms with Crippen molar-refractivity contribution in [2.24, 2.45) is 11.8 Å². The Balaban J connectivity index is 1.21. The minimum Gasteiger partial charge on any atom is -0.449 e. The fourth-order valence-corrected chi connectivity index (χ4v) is 7.72. The Bertz CT molecular complexity index is 2160. The predicted molar refractivity (Wildman–Crippen MR) is 228 cm³/mol. The maximum atomic E-state index is 14.5. The third-order valence-electron chi connectivity index (χ3n) is 11.1. The van der Waals surface area contributed by atoms with Gasteiger partial charge in [-0.25, -0.2) is 9.78 Å². The first-order chi connectivity index (χ1) is 28.5.